The predicted molar refractivity (Wildman–Crippen MR) is 136 cm³/mol. The van der Waals surface area contributed by atoms with Gasteiger partial charge in [-0.1, -0.05) is 42.5 Å². The van der Waals surface area contributed by atoms with Crippen molar-refractivity contribution in [2.75, 3.05) is 21.3 Å². The lowest BCUT2D eigenvalue weighted by atomic mass is 9.91. The zero-order valence-corrected chi connectivity index (χ0v) is 20.0. The van der Waals surface area contributed by atoms with Crippen LogP contribution in [0.1, 0.15) is 27.2 Å². The Balaban J connectivity index is 1.87. The molecule has 0 amide bonds. The number of carbonyl (C=O) groups is 1. The van der Waals surface area contributed by atoms with Crippen LogP contribution >= 0.6 is 0 Å². The third-order valence-corrected chi connectivity index (χ3v) is 5.78. The summed E-state index contributed by atoms with van der Waals surface area (Å²) in [7, 11) is 4.68. The molecule has 0 saturated carbocycles. The molecule has 0 radical (unpaired) electrons. The summed E-state index contributed by atoms with van der Waals surface area (Å²) in [6, 6.07) is 19.7. The van der Waals surface area contributed by atoms with Crippen LogP contribution in [-0.2, 0) is 0 Å². The summed E-state index contributed by atoms with van der Waals surface area (Å²) in [5, 5.41) is 0.947. The van der Waals surface area contributed by atoms with Gasteiger partial charge in [-0.25, -0.2) is 0 Å². The molecule has 0 unspecified atom stereocenters. The average Bonchev–Trinajstić information content (AvgIpc) is 2.86. The quantitative estimate of drug-likeness (QED) is 0.238. The number of benzene rings is 3. The maximum absolute atomic E-state index is 13.6. The molecule has 1 heterocycles. The molecule has 5 heteroatoms. The third-order valence-electron chi connectivity index (χ3n) is 5.78. The van der Waals surface area contributed by atoms with E-state index in [0.29, 0.717) is 34.1 Å². The van der Waals surface area contributed by atoms with Gasteiger partial charge < -0.3 is 14.2 Å². The van der Waals surface area contributed by atoms with Crippen LogP contribution in [0.25, 0.3) is 28.1 Å². The number of ketones is 1. The Morgan fingerprint density at radius 2 is 1.59 bits per heavy atom. The molecule has 4 rings (SSSR count). The molecule has 0 N–H and O–H groups in total. The normalized spacial score (nSPS) is 11.1. The molecule has 0 aliphatic carbocycles. The lowest BCUT2D eigenvalue weighted by Gasteiger charge is -2.15. The standard InChI is InChI=1S/C29H27NO4/c1-18-11-14-22-23(17-18)30-19(2)26(27(22)20-9-7-6-8-10-20)24(31)15-12-21-13-16-25(32-3)29(34-5)28(21)33-4/h6-17H,1-5H3. The van der Waals surface area contributed by atoms with E-state index in [1.54, 1.807) is 39.5 Å². The average molecular weight is 454 g/mol. The number of allylic oxidation sites excluding steroid dienone is 1. The van der Waals surface area contributed by atoms with Crippen molar-refractivity contribution in [1.29, 1.82) is 0 Å². The second kappa shape index (κ2) is 9.79. The van der Waals surface area contributed by atoms with Crippen molar-refractivity contribution >= 4 is 22.8 Å². The van der Waals surface area contributed by atoms with E-state index >= 15 is 0 Å². The summed E-state index contributed by atoms with van der Waals surface area (Å²) in [4.78, 5) is 18.4. The summed E-state index contributed by atoms with van der Waals surface area (Å²) in [6.45, 7) is 3.92. The van der Waals surface area contributed by atoms with Crippen molar-refractivity contribution in [2.45, 2.75) is 13.8 Å². The van der Waals surface area contributed by atoms with E-state index < -0.39 is 0 Å². The molecule has 4 aromatic rings. The molecule has 0 spiro atoms. The molecule has 1 aromatic heterocycles. The van der Waals surface area contributed by atoms with Crippen LogP contribution in [0.15, 0.2) is 66.7 Å². The molecule has 0 aliphatic rings. The number of hydrogen-bond acceptors (Lipinski definition) is 5. The number of ether oxygens (including phenoxy) is 3. The first-order valence-electron chi connectivity index (χ1n) is 11.0. The van der Waals surface area contributed by atoms with Gasteiger partial charge in [-0.2, -0.15) is 0 Å². The van der Waals surface area contributed by atoms with Crippen LogP contribution < -0.4 is 14.2 Å². The van der Waals surface area contributed by atoms with Crippen LogP contribution in [0.2, 0.25) is 0 Å². The van der Waals surface area contributed by atoms with Crippen molar-refractivity contribution in [2.24, 2.45) is 0 Å². The maximum Gasteiger partial charge on any atom is 0.203 e. The lowest BCUT2D eigenvalue weighted by Crippen LogP contribution is -2.05. The molecule has 0 aliphatic heterocycles. The number of aryl methyl sites for hydroxylation is 2. The Labute approximate surface area is 199 Å². The number of aromatic nitrogens is 1. The summed E-state index contributed by atoms with van der Waals surface area (Å²) >= 11 is 0. The number of pyridine rings is 1. The SMILES string of the molecule is COc1ccc(C=CC(=O)c2c(C)nc3cc(C)ccc3c2-c2ccccc2)c(OC)c1OC. The van der Waals surface area contributed by atoms with E-state index in [0.717, 1.165) is 27.6 Å². The van der Waals surface area contributed by atoms with Gasteiger partial charge in [0.15, 0.2) is 17.3 Å². The van der Waals surface area contributed by atoms with Gasteiger partial charge >= 0.3 is 0 Å². The second-order valence-corrected chi connectivity index (χ2v) is 7.95. The van der Waals surface area contributed by atoms with E-state index in [1.165, 1.54) is 0 Å². The summed E-state index contributed by atoms with van der Waals surface area (Å²) in [6.07, 6.45) is 3.29. The van der Waals surface area contributed by atoms with Crippen LogP contribution in [0.4, 0.5) is 0 Å². The van der Waals surface area contributed by atoms with Crippen LogP contribution in [0.5, 0.6) is 17.2 Å². The van der Waals surface area contributed by atoms with Crippen molar-refractivity contribution in [3.05, 3.63) is 89.1 Å². The van der Waals surface area contributed by atoms with Gasteiger partial charge in [0.05, 0.1) is 32.4 Å². The Morgan fingerprint density at radius 1 is 0.853 bits per heavy atom. The number of methoxy groups -OCH3 is 3. The van der Waals surface area contributed by atoms with Gasteiger partial charge in [-0.15, -0.1) is 0 Å². The smallest absolute Gasteiger partial charge is 0.203 e. The lowest BCUT2D eigenvalue weighted by molar-refractivity contribution is 0.104. The number of fused-ring (bicyclic) bond motifs is 1. The first-order valence-corrected chi connectivity index (χ1v) is 11.0. The van der Waals surface area contributed by atoms with E-state index in [9.17, 15) is 4.79 Å². The maximum atomic E-state index is 13.6. The van der Waals surface area contributed by atoms with Gasteiger partial charge in [-0.05, 0) is 55.3 Å². The topological polar surface area (TPSA) is 57.7 Å². The molecule has 0 atom stereocenters. The fourth-order valence-electron chi connectivity index (χ4n) is 4.21. The molecule has 3 aromatic carbocycles. The highest BCUT2D eigenvalue weighted by Crippen LogP contribution is 2.40. The van der Waals surface area contributed by atoms with E-state index in [2.05, 4.69) is 0 Å². The van der Waals surface area contributed by atoms with Gasteiger partial charge in [-0.3, -0.25) is 9.78 Å². The Bertz CT molecular complexity index is 1390. The first kappa shape index (κ1) is 23.1. The highest BCUT2D eigenvalue weighted by atomic mass is 16.5. The third kappa shape index (κ3) is 4.25. The zero-order chi connectivity index (χ0) is 24.2. The fraction of sp³-hybridized carbons (Fsp3) is 0.172. The first-order chi connectivity index (χ1) is 16.5. The minimum Gasteiger partial charge on any atom is -0.493 e. The number of nitrogens with zero attached hydrogens (tertiary/aromatic N) is 1. The van der Waals surface area contributed by atoms with Crippen LogP contribution in [0.3, 0.4) is 0 Å². The number of hydrogen-bond donors (Lipinski definition) is 0. The number of rotatable bonds is 7. The van der Waals surface area contributed by atoms with Gasteiger partial charge in [0.25, 0.3) is 0 Å². The van der Waals surface area contributed by atoms with Crippen LogP contribution in [-0.4, -0.2) is 32.1 Å². The molecule has 0 saturated heterocycles. The fourth-order valence-corrected chi connectivity index (χ4v) is 4.21. The molecule has 34 heavy (non-hydrogen) atoms. The summed E-state index contributed by atoms with van der Waals surface area (Å²) < 4.78 is 16.4. The van der Waals surface area contributed by atoms with E-state index in [-0.39, 0.29) is 5.78 Å². The molecule has 5 nitrogen and oxygen atoms in total. The molecular formula is C29H27NO4. The highest BCUT2D eigenvalue weighted by Gasteiger charge is 2.20. The Morgan fingerprint density at radius 3 is 2.26 bits per heavy atom. The molecule has 0 bridgehead atoms. The minimum absolute atomic E-state index is 0.136. The summed E-state index contributed by atoms with van der Waals surface area (Å²) in [5.74, 6) is 1.39. The predicted octanol–water partition coefficient (Wildman–Crippen LogP) is 6.44. The van der Waals surface area contributed by atoms with Gasteiger partial charge in [0.2, 0.25) is 5.75 Å². The molecule has 172 valence electrons. The largest absolute Gasteiger partial charge is 0.493 e. The minimum atomic E-state index is -0.136. The number of carbonyl (C=O) groups excluding carboxylic acids is 1. The Hall–Kier alpha value is -4.12. The Kier molecular flexibility index (Phi) is 6.64. The van der Waals surface area contributed by atoms with Crippen LogP contribution in [0, 0.1) is 13.8 Å². The molecule has 0 fully saturated rings. The van der Waals surface area contributed by atoms with Gasteiger partial charge in [0, 0.05) is 22.2 Å². The van der Waals surface area contributed by atoms with E-state index in [4.69, 9.17) is 19.2 Å². The highest BCUT2D eigenvalue weighted by molar-refractivity contribution is 6.16. The van der Waals surface area contributed by atoms with E-state index in [1.807, 2.05) is 68.4 Å². The summed E-state index contributed by atoms with van der Waals surface area (Å²) in [5.41, 5.74) is 5.83. The van der Waals surface area contributed by atoms with Gasteiger partial charge in [0.1, 0.15) is 0 Å². The van der Waals surface area contributed by atoms with Crippen molar-refractivity contribution in [3.63, 3.8) is 0 Å². The van der Waals surface area contributed by atoms with Crippen molar-refractivity contribution in [3.8, 4) is 28.4 Å². The zero-order valence-electron chi connectivity index (χ0n) is 20.0. The molecular weight excluding hydrogens is 426 g/mol. The monoisotopic (exact) mass is 453 g/mol. The van der Waals surface area contributed by atoms with Crippen molar-refractivity contribution in [1.82, 2.24) is 4.98 Å². The second-order valence-electron chi connectivity index (χ2n) is 7.95. The van der Waals surface area contributed by atoms with Crippen molar-refractivity contribution < 1.29 is 19.0 Å².